The van der Waals surface area contributed by atoms with Gasteiger partial charge in [-0.05, 0) is 165 Å². The van der Waals surface area contributed by atoms with Gasteiger partial charge in [0.1, 0.15) is 0 Å². The summed E-state index contributed by atoms with van der Waals surface area (Å²) >= 11 is 1.99. The van der Waals surface area contributed by atoms with Gasteiger partial charge < -0.3 is 14.7 Å². The molecule has 0 N–H and O–H groups in total. The smallest absolute Gasteiger partial charge is 0.264 e. The highest BCUT2D eigenvalue weighted by molar-refractivity contribution is 7.33. The summed E-state index contributed by atoms with van der Waals surface area (Å²) in [4.78, 5) is 7.89. The number of aryl methyl sites for hydroxylation is 2. The van der Waals surface area contributed by atoms with Crippen molar-refractivity contribution in [2.24, 2.45) is 0 Å². The zero-order valence-corrected chi connectivity index (χ0v) is 44.9. The summed E-state index contributed by atoms with van der Waals surface area (Å²) in [5.74, 6) is 0.354. The standard InChI is InChI=1S/C65H70BN3S/c1-40(2)43-33-45(63(8,9)10)35-47(34-43)68-55-39-51-50(64(11,12)31-32-65(51,13)14)38-52(55)66-59-56(68)36-48(67(53-24-18-15-21-41(53)3)54-25-19-16-22-42(54)4)37-57(59)69(46-29-27-44(28-30-46)62(5,6)7)60-49-23-17-20-26-58(49)70-61(60)66/h15-30,33-40H,31-32H2,1-14H3. The Morgan fingerprint density at radius 3 is 1.71 bits per heavy atom. The van der Waals surface area contributed by atoms with E-state index in [0.29, 0.717) is 5.92 Å². The van der Waals surface area contributed by atoms with Crippen LogP contribution in [0.25, 0.3) is 10.1 Å². The monoisotopic (exact) mass is 936 g/mol. The molecule has 3 heterocycles. The number of thiophene rings is 1. The fourth-order valence-corrected chi connectivity index (χ4v) is 13.1. The quantitative estimate of drug-likeness (QED) is 0.154. The number of fused-ring (bicyclic) bond motifs is 7. The Morgan fingerprint density at radius 1 is 0.571 bits per heavy atom. The van der Waals surface area contributed by atoms with E-state index in [1.807, 2.05) is 11.3 Å². The van der Waals surface area contributed by atoms with Crippen molar-refractivity contribution in [3.8, 4) is 0 Å². The maximum atomic E-state index is 2.71. The van der Waals surface area contributed by atoms with E-state index in [2.05, 4.69) is 251 Å². The van der Waals surface area contributed by atoms with Crippen LogP contribution < -0.4 is 30.4 Å². The predicted molar refractivity (Wildman–Crippen MR) is 307 cm³/mol. The van der Waals surface area contributed by atoms with Gasteiger partial charge in [0.25, 0.3) is 6.71 Å². The topological polar surface area (TPSA) is 9.72 Å². The Kier molecular flexibility index (Phi) is 10.8. The summed E-state index contributed by atoms with van der Waals surface area (Å²) in [5, 5.41) is 1.30. The van der Waals surface area contributed by atoms with Gasteiger partial charge in [0, 0.05) is 54.7 Å². The average molecular weight is 936 g/mol. The molecule has 0 amide bonds. The molecule has 5 heteroatoms. The van der Waals surface area contributed by atoms with Crippen molar-refractivity contribution in [1.29, 1.82) is 0 Å². The lowest BCUT2D eigenvalue weighted by atomic mass is 9.35. The van der Waals surface area contributed by atoms with Crippen LogP contribution in [0, 0.1) is 13.8 Å². The highest BCUT2D eigenvalue weighted by Crippen LogP contribution is 2.54. The third-order valence-electron chi connectivity index (χ3n) is 16.2. The van der Waals surface area contributed by atoms with Crippen LogP contribution in [0.2, 0.25) is 0 Å². The maximum Gasteiger partial charge on any atom is 0.264 e. The van der Waals surface area contributed by atoms with Gasteiger partial charge in [-0.25, -0.2) is 0 Å². The lowest BCUT2D eigenvalue weighted by Crippen LogP contribution is -2.61. The molecule has 0 saturated heterocycles. The molecule has 2 aliphatic heterocycles. The SMILES string of the molecule is Cc1ccccc1N(c1cc2c3c(c1)N(c1ccc(C(C)(C)C)cc1)c1c(sc4ccccc14)B3c1cc3c(cc1N2c1cc(C(C)C)cc(C(C)(C)C)c1)C(C)(C)CCC3(C)C)c1ccccc1C. The number of hydrogen-bond donors (Lipinski definition) is 0. The van der Waals surface area contributed by atoms with Crippen LogP contribution in [-0.4, -0.2) is 6.71 Å². The van der Waals surface area contributed by atoms with Crippen molar-refractivity contribution in [2.45, 2.75) is 137 Å². The van der Waals surface area contributed by atoms with Crippen molar-refractivity contribution in [3.63, 3.8) is 0 Å². The summed E-state index contributed by atoms with van der Waals surface area (Å²) < 4.78 is 2.74. The van der Waals surface area contributed by atoms with Crippen molar-refractivity contribution in [2.75, 3.05) is 14.7 Å². The summed E-state index contributed by atoms with van der Waals surface area (Å²) in [6, 6.07) is 54.4. The van der Waals surface area contributed by atoms with Crippen LogP contribution in [0.1, 0.15) is 141 Å². The van der Waals surface area contributed by atoms with Gasteiger partial charge in [0.15, 0.2) is 0 Å². The third-order valence-corrected chi connectivity index (χ3v) is 17.4. The molecule has 1 aromatic heterocycles. The molecule has 70 heavy (non-hydrogen) atoms. The predicted octanol–water partition coefficient (Wildman–Crippen LogP) is 17.1. The van der Waals surface area contributed by atoms with Gasteiger partial charge in [-0.15, -0.1) is 11.3 Å². The van der Waals surface area contributed by atoms with Gasteiger partial charge in [0.2, 0.25) is 0 Å². The molecule has 0 fully saturated rings. The lowest BCUT2D eigenvalue weighted by molar-refractivity contribution is 0.332. The highest BCUT2D eigenvalue weighted by Gasteiger charge is 2.48. The van der Waals surface area contributed by atoms with E-state index in [-0.39, 0.29) is 28.4 Å². The van der Waals surface area contributed by atoms with Gasteiger partial charge in [-0.2, -0.15) is 0 Å². The summed E-state index contributed by atoms with van der Waals surface area (Å²) in [6.07, 6.45) is 2.32. The molecule has 0 atom stereocenters. The van der Waals surface area contributed by atoms with Gasteiger partial charge in [-0.1, -0.05) is 162 Å². The number of benzene rings is 7. The Morgan fingerprint density at radius 2 is 1.13 bits per heavy atom. The number of para-hydroxylation sites is 2. The molecule has 0 bridgehead atoms. The van der Waals surface area contributed by atoms with E-state index in [9.17, 15) is 0 Å². The zero-order valence-electron chi connectivity index (χ0n) is 44.1. The van der Waals surface area contributed by atoms with Crippen molar-refractivity contribution in [3.05, 3.63) is 178 Å². The number of nitrogens with zero attached hydrogens (tertiary/aromatic N) is 3. The molecule has 3 aliphatic rings. The summed E-state index contributed by atoms with van der Waals surface area (Å²) in [7, 11) is 0. The van der Waals surface area contributed by atoms with Gasteiger partial charge >= 0.3 is 0 Å². The maximum absolute atomic E-state index is 2.71. The van der Waals surface area contributed by atoms with Crippen LogP contribution in [0.3, 0.4) is 0 Å². The second-order valence-electron chi connectivity index (χ2n) is 24.5. The third kappa shape index (κ3) is 7.44. The van der Waals surface area contributed by atoms with Crippen LogP contribution in [0.4, 0.5) is 51.2 Å². The summed E-state index contributed by atoms with van der Waals surface area (Å²) in [6.45, 7) is 33.2. The molecule has 3 nitrogen and oxygen atoms in total. The van der Waals surface area contributed by atoms with Crippen LogP contribution in [-0.2, 0) is 21.7 Å². The first kappa shape index (κ1) is 46.4. The largest absolute Gasteiger partial charge is 0.311 e. The molecular weight excluding hydrogens is 866 g/mol. The van der Waals surface area contributed by atoms with E-state index >= 15 is 0 Å². The molecule has 0 unspecified atom stereocenters. The molecule has 0 saturated carbocycles. The average Bonchev–Trinajstić information content (AvgIpc) is 3.70. The Hall–Kier alpha value is -6.04. The van der Waals surface area contributed by atoms with E-state index < -0.39 is 0 Å². The number of hydrogen-bond acceptors (Lipinski definition) is 4. The summed E-state index contributed by atoms with van der Waals surface area (Å²) in [5.41, 5.74) is 23.3. The molecular formula is C65H70BN3S. The number of rotatable bonds is 6. The van der Waals surface area contributed by atoms with E-state index in [1.165, 1.54) is 110 Å². The molecule has 8 aromatic rings. The van der Waals surface area contributed by atoms with Crippen molar-refractivity contribution in [1.82, 2.24) is 0 Å². The molecule has 11 rings (SSSR count). The fraction of sp³-hybridized carbons (Fsp3) is 0.323. The van der Waals surface area contributed by atoms with Crippen LogP contribution >= 0.6 is 11.3 Å². The molecule has 7 aromatic carbocycles. The Bertz CT molecular complexity index is 3330. The molecule has 1 aliphatic carbocycles. The Labute approximate surface area is 423 Å². The van der Waals surface area contributed by atoms with Crippen LogP contribution in [0.15, 0.2) is 140 Å². The second kappa shape index (κ2) is 16.3. The van der Waals surface area contributed by atoms with Crippen molar-refractivity contribution < 1.29 is 0 Å². The lowest BCUT2D eigenvalue weighted by Gasteiger charge is -2.47. The first-order chi connectivity index (χ1) is 33.1. The minimum Gasteiger partial charge on any atom is -0.311 e. The normalized spacial score (nSPS) is 15.7. The zero-order chi connectivity index (χ0) is 49.4. The van der Waals surface area contributed by atoms with E-state index in [1.54, 1.807) is 0 Å². The van der Waals surface area contributed by atoms with Gasteiger partial charge in [-0.3, -0.25) is 0 Å². The minimum absolute atomic E-state index is 0.00896. The second-order valence-corrected chi connectivity index (χ2v) is 25.5. The van der Waals surface area contributed by atoms with Crippen LogP contribution in [0.5, 0.6) is 0 Å². The van der Waals surface area contributed by atoms with E-state index in [4.69, 9.17) is 0 Å². The Balaban J connectivity index is 1.34. The first-order valence-corrected chi connectivity index (χ1v) is 26.6. The molecule has 0 spiro atoms. The molecule has 0 radical (unpaired) electrons. The van der Waals surface area contributed by atoms with Crippen molar-refractivity contribution >= 4 is 95.0 Å². The van der Waals surface area contributed by atoms with E-state index in [0.717, 1.165) is 18.5 Å². The highest BCUT2D eigenvalue weighted by atomic mass is 32.1. The fourth-order valence-electron chi connectivity index (χ4n) is 11.8. The minimum atomic E-state index is -0.0571. The van der Waals surface area contributed by atoms with Gasteiger partial charge in [0.05, 0.1) is 11.4 Å². The first-order valence-electron chi connectivity index (χ1n) is 25.8. The molecule has 354 valence electrons. The number of anilines is 9.